The van der Waals surface area contributed by atoms with E-state index in [-0.39, 0.29) is 17.4 Å². The van der Waals surface area contributed by atoms with Gasteiger partial charge < -0.3 is 5.32 Å². The zero-order valence-corrected chi connectivity index (χ0v) is 18.1. The van der Waals surface area contributed by atoms with Crippen LogP contribution in [0.4, 0.5) is 22.1 Å². The van der Waals surface area contributed by atoms with Crippen LogP contribution in [-0.2, 0) is 6.54 Å². The monoisotopic (exact) mass is 442 g/mol. The van der Waals surface area contributed by atoms with E-state index in [1.165, 1.54) is 18.2 Å². The molecule has 5 rings (SSSR count). The largest absolute Gasteiger partial charge is 0.348 e. The first-order valence-corrected chi connectivity index (χ1v) is 10.9. The molecule has 3 heterocycles. The molecule has 0 fully saturated rings. The molecular formula is C25H23FN6O. The van der Waals surface area contributed by atoms with E-state index in [9.17, 15) is 9.18 Å². The molecule has 0 saturated heterocycles. The van der Waals surface area contributed by atoms with Crippen molar-refractivity contribution in [1.82, 2.24) is 19.5 Å². The molecule has 4 aromatic rings. The first-order valence-electron chi connectivity index (χ1n) is 10.9. The minimum atomic E-state index is -0.333. The molecule has 0 saturated carbocycles. The van der Waals surface area contributed by atoms with Crippen LogP contribution in [0.25, 0.3) is 11.3 Å². The Labute approximate surface area is 190 Å². The van der Waals surface area contributed by atoms with Gasteiger partial charge in [-0.15, -0.1) is 0 Å². The minimum absolute atomic E-state index is 0.0286. The second-order valence-electron chi connectivity index (χ2n) is 7.96. The number of nitrogens with zero attached hydrogens (tertiary/aromatic N) is 5. The van der Waals surface area contributed by atoms with Crippen LogP contribution in [0.2, 0.25) is 0 Å². The highest BCUT2D eigenvalue weighted by Gasteiger charge is 2.23. The number of rotatable bonds is 5. The summed E-state index contributed by atoms with van der Waals surface area (Å²) in [6, 6.07) is 19.4. The Hall–Kier alpha value is -4.07. The number of nitrogens with one attached hydrogen (secondary N) is 1. The molecule has 7 nitrogen and oxygen atoms in total. The van der Waals surface area contributed by atoms with Crippen LogP contribution < -0.4 is 15.8 Å². The van der Waals surface area contributed by atoms with Gasteiger partial charge in [-0.1, -0.05) is 30.3 Å². The lowest BCUT2D eigenvalue weighted by Gasteiger charge is -2.30. The smallest absolute Gasteiger partial charge is 0.255 e. The predicted octanol–water partition coefficient (Wildman–Crippen LogP) is 4.55. The number of anilines is 3. The van der Waals surface area contributed by atoms with Crippen LogP contribution in [0.15, 0.2) is 77.7 Å². The molecular weight excluding hydrogens is 419 g/mol. The zero-order valence-electron chi connectivity index (χ0n) is 18.1. The average Bonchev–Trinajstić information content (AvgIpc) is 2.85. The topological polar surface area (TPSA) is 75.9 Å². The van der Waals surface area contributed by atoms with Gasteiger partial charge >= 0.3 is 0 Å². The number of aromatic nitrogens is 4. The Bertz CT molecular complexity index is 1320. The van der Waals surface area contributed by atoms with E-state index in [0.717, 1.165) is 12.0 Å². The van der Waals surface area contributed by atoms with Crippen LogP contribution in [0.3, 0.4) is 0 Å². The first kappa shape index (κ1) is 20.8. The van der Waals surface area contributed by atoms with Crippen molar-refractivity contribution >= 4 is 17.7 Å². The molecule has 0 spiro atoms. The first-order chi connectivity index (χ1) is 16.1. The summed E-state index contributed by atoms with van der Waals surface area (Å²) in [4.78, 5) is 28.6. The highest BCUT2D eigenvalue weighted by atomic mass is 19.1. The van der Waals surface area contributed by atoms with Crippen molar-refractivity contribution < 1.29 is 4.39 Å². The van der Waals surface area contributed by atoms with Crippen LogP contribution in [0.5, 0.6) is 0 Å². The van der Waals surface area contributed by atoms with Gasteiger partial charge in [-0.3, -0.25) is 14.3 Å². The zero-order chi connectivity index (χ0) is 22.8. The number of halogens is 1. The maximum atomic E-state index is 13.4. The lowest BCUT2D eigenvalue weighted by molar-refractivity contribution is 0.561. The molecule has 8 heteroatoms. The Morgan fingerprint density at radius 2 is 1.79 bits per heavy atom. The maximum absolute atomic E-state index is 13.4. The molecule has 1 N–H and O–H groups in total. The second kappa shape index (κ2) is 8.82. The molecule has 0 aliphatic carbocycles. The fourth-order valence-corrected chi connectivity index (χ4v) is 3.97. The number of fused-ring (bicyclic) bond motifs is 1. The van der Waals surface area contributed by atoms with Gasteiger partial charge in [0.1, 0.15) is 11.6 Å². The minimum Gasteiger partial charge on any atom is -0.348 e. The molecule has 1 unspecified atom stereocenters. The third kappa shape index (κ3) is 4.32. The Morgan fingerprint density at radius 1 is 1.00 bits per heavy atom. The van der Waals surface area contributed by atoms with E-state index in [0.29, 0.717) is 42.1 Å². The number of hydrogen-bond donors (Lipinski definition) is 1. The van der Waals surface area contributed by atoms with Crippen LogP contribution in [-0.4, -0.2) is 26.1 Å². The summed E-state index contributed by atoms with van der Waals surface area (Å²) < 4.78 is 15.0. The molecule has 166 valence electrons. The van der Waals surface area contributed by atoms with E-state index < -0.39 is 0 Å². The van der Waals surface area contributed by atoms with Crippen molar-refractivity contribution in [2.45, 2.75) is 25.9 Å². The summed E-state index contributed by atoms with van der Waals surface area (Å²) in [5, 5.41) is 3.34. The van der Waals surface area contributed by atoms with Gasteiger partial charge in [-0.05, 0) is 49.2 Å². The van der Waals surface area contributed by atoms with Crippen molar-refractivity contribution in [3.8, 4) is 11.3 Å². The highest BCUT2D eigenvalue weighted by Crippen LogP contribution is 2.28. The number of benzene rings is 2. The van der Waals surface area contributed by atoms with Gasteiger partial charge in [0.2, 0.25) is 11.9 Å². The molecule has 1 atom stereocenters. The standard InChI is InChI=1S/C25H23FN6O/c1-17(18-6-3-2-4-7-18)28-24-27-13-12-22(30-24)31-14-5-15-32-23(33)16-21(29-25(31)32)19-8-10-20(26)11-9-19/h2-4,6-13,16-17H,5,14-15H2,1H3,(H,27,28,30). The van der Waals surface area contributed by atoms with E-state index >= 15 is 0 Å². The van der Waals surface area contributed by atoms with E-state index in [4.69, 9.17) is 9.97 Å². The molecule has 1 aliphatic rings. The van der Waals surface area contributed by atoms with E-state index in [1.807, 2.05) is 29.2 Å². The SMILES string of the molecule is CC(Nc1nccc(N2CCCn3c2nc(-c2ccc(F)cc2)cc3=O)n1)c1ccccc1. The van der Waals surface area contributed by atoms with Gasteiger partial charge in [0.25, 0.3) is 5.56 Å². The Balaban J connectivity index is 1.48. The van der Waals surface area contributed by atoms with Crippen LogP contribution >= 0.6 is 0 Å². The van der Waals surface area contributed by atoms with Crippen molar-refractivity contribution in [2.75, 3.05) is 16.8 Å². The summed E-state index contributed by atoms with van der Waals surface area (Å²) in [5.41, 5.74) is 2.17. The maximum Gasteiger partial charge on any atom is 0.255 e. The van der Waals surface area contributed by atoms with Crippen molar-refractivity contribution in [1.29, 1.82) is 0 Å². The third-order valence-corrected chi connectivity index (χ3v) is 5.70. The average molecular weight is 442 g/mol. The lowest BCUT2D eigenvalue weighted by atomic mass is 10.1. The fourth-order valence-electron chi connectivity index (χ4n) is 3.97. The van der Waals surface area contributed by atoms with E-state index in [1.54, 1.807) is 22.9 Å². The second-order valence-corrected chi connectivity index (χ2v) is 7.96. The lowest BCUT2D eigenvalue weighted by Crippen LogP contribution is -2.36. The van der Waals surface area contributed by atoms with Gasteiger partial charge in [-0.25, -0.2) is 14.4 Å². The highest BCUT2D eigenvalue weighted by molar-refractivity contribution is 5.63. The predicted molar refractivity (Wildman–Crippen MR) is 126 cm³/mol. The summed E-state index contributed by atoms with van der Waals surface area (Å²) >= 11 is 0. The van der Waals surface area contributed by atoms with Gasteiger partial charge in [0.05, 0.1) is 11.7 Å². The summed E-state index contributed by atoms with van der Waals surface area (Å²) in [5.74, 6) is 1.34. The van der Waals surface area contributed by atoms with E-state index in [2.05, 4.69) is 29.4 Å². The normalized spacial score (nSPS) is 13.9. The fraction of sp³-hybridized carbons (Fsp3) is 0.200. The summed E-state index contributed by atoms with van der Waals surface area (Å²) in [6.07, 6.45) is 2.49. The Morgan fingerprint density at radius 3 is 2.58 bits per heavy atom. The summed E-state index contributed by atoms with van der Waals surface area (Å²) in [6.45, 7) is 3.31. The summed E-state index contributed by atoms with van der Waals surface area (Å²) in [7, 11) is 0. The molecule has 0 bridgehead atoms. The molecule has 2 aromatic carbocycles. The molecule has 33 heavy (non-hydrogen) atoms. The molecule has 0 amide bonds. The number of hydrogen-bond acceptors (Lipinski definition) is 6. The third-order valence-electron chi connectivity index (χ3n) is 5.70. The van der Waals surface area contributed by atoms with Crippen molar-refractivity contribution in [3.05, 3.63) is 94.7 Å². The van der Waals surface area contributed by atoms with Gasteiger partial charge in [-0.2, -0.15) is 4.98 Å². The molecule has 2 aromatic heterocycles. The van der Waals surface area contributed by atoms with Crippen molar-refractivity contribution in [3.63, 3.8) is 0 Å². The van der Waals surface area contributed by atoms with Crippen LogP contribution in [0.1, 0.15) is 24.9 Å². The Kier molecular flexibility index (Phi) is 5.56. The quantitative estimate of drug-likeness (QED) is 0.489. The van der Waals surface area contributed by atoms with Crippen molar-refractivity contribution in [2.24, 2.45) is 0 Å². The van der Waals surface area contributed by atoms with Gasteiger partial charge in [0, 0.05) is 30.9 Å². The van der Waals surface area contributed by atoms with Crippen LogP contribution in [0, 0.1) is 5.82 Å². The van der Waals surface area contributed by atoms with Gasteiger partial charge in [0.15, 0.2) is 0 Å². The molecule has 1 aliphatic heterocycles. The molecule has 0 radical (unpaired) electrons.